The van der Waals surface area contributed by atoms with E-state index in [1.807, 2.05) is 31.4 Å². The van der Waals surface area contributed by atoms with Gasteiger partial charge < -0.3 is 9.30 Å². The summed E-state index contributed by atoms with van der Waals surface area (Å²) in [6.07, 6.45) is -0.806. The summed E-state index contributed by atoms with van der Waals surface area (Å²) in [5.41, 5.74) is 2.94. The Labute approximate surface area is 130 Å². The quantitative estimate of drug-likeness (QED) is 0.626. The molecular formula is C18H21NO3. The fraction of sp³-hybridized carbons (Fsp3) is 0.333. The Kier molecular flexibility index (Phi) is 4.81. The van der Waals surface area contributed by atoms with Crippen molar-refractivity contribution in [2.24, 2.45) is 0 Å². The van der Waals surface area contributed by atoms with Gasteiger partial charge in [-0.25, -0.2) is 4.79 Å². The first-order chi connectivity index (χ1) is 10.5. The lowest BCUT2D eigenvalue weighted by molar-refractivity contribution is 0.0318. The Morgan fingerprint density at radius 3 is 2.36 bits per heavy atom. The molecule has 0 aliphatic rings. The Bertz CT molecular complexity index is 686. The zero-order chi connectivity index (χ0) is 16.3. The van der Waals surface area contributed by atoms with Gasteiger partial charge in [0.1, 0.15) is 0 Å². The Balaban J connectivity index is 2.14. The van der Waals surface area contributed by atoms with Gasteiger partial charge in [-0.3, -0.25) is 4.79 Å². The van der Waals surface area contributed by atoms with Crippen LogP contribution in [0, 0.1) is 13.8 Å². The zero-order valence-electron chi connectivity index (χ0n) is 13.4. The molecule has 1 heterocycles. The molecular weight excluding hydrogens is 278 g/mol. The average Bonchev–Trinajstić information content (AvgIpc) is 2.81. The molecule has 22 heavy (non-hydrogen) atoms. The second-order valence-corrected chi connectivity index (χ2v) is 5.31. The lowest BCUT2D eigenvalue weighted by Crippen LogP contribution is -2.24. The van der Waals surface area contributed by atoms with Crippen molar-refractivity contribution in [1.82, 2.24) is 4.57 Å². The molecule has 116 valence electrons. The van der Waals surface area contributed by atoms with E-state index in [9.17, 15) is 9.59 Å². The standard InChI is InChI=1S/C18H21NO3/c1-5-19-12(2)11-16(13(19)3)18(21)22-14(4)17(20)15-9-7-6-8-10-15/h6-11,14H,5H2,1-4H3. The molecule has 2 aromatic rings. The van der Waals surface area contributed by atoms with Crippen LogP contribution < -0.4 is 0 Å². The third kappa shape index (κ3) is 3.11. The molecule has 0 fully saturated rings. The summed E-state index contributed by atoms with van der Waals surface area (Å²) in [7, 11) is 0. The number of benzene rings is 1. The van der Waals surface area contributed by atoms with Gasteiger partial charge in [0.05, 0.1) is 5.56 Å². The topological polar surface area (TPSA) is 48.3 Å². The zero-order valence-corrected chi connectivity index (χ0v) is 13.4. The van der Waals surface area contributed by atoms with E-state index in [1.165, 1.54) is 0 Å². The van der Waals surface area contributed by atoms with Crippen LogP contribution in [0.15, 0.2) is 36.4 Å². The molecule has 0 N–H and O–H groups in total. The van der Waals surface area contributed by atoms with E-state index in [1.54, 1.807) is 37.3 Å². The van der Waals surface area contributed by atoms with Crippen molar-refractivity contribution in [3.05, 3.63) is 58.9 Å². The van der Waals surface area contributed by atoms with Gasteiger partial charge in [-0.1, -0.05) is 30.3 Å². The number of ketones is 1. The number of nitrogens with zero attached hydrogens (tertiary/aromatic N) is 1. The van der Waals surface area contributed by atoms with E-state index in [0.717, 1.165) is 17.9 Å². The van der Waals surface area contributed by atoms with Crippen molar-refractivity contribution in [3.63, 3.8) is 0 Å². The second-order valence-electron chi connectivity index (χ2n) is 5.31. The van der Waals surface area contributed by atoms with Crippen molar-refractivity contribution in [1.29, 1.82) is 0 Å². The molecule has 0 spiro atoms. The summed E-state index contributed by atoms with van der Waals surface area (Å²) in [6.45, 7) is 8.26. The maximum atomic E-state index is 12.3. The highest BCUT2D eigenvalue weighted by atomic mass is 16.5. The highest BCUT2D eigenvalue weighted by Crippen LogP contribution is 2.17. The summed E-state index contributed by atoms with van der Waals surface area (Å²) in [4.78, 5) is 24.5. The minimum atomic E-state index is -0.806. The van der Waals surface area contributed by atoms with E-state index >= 15 is 0 Å². The van der Waals surface area contributed by atoms with Gasteiger partial charge in [0.25, 0.3) is 0 Å². The van der Waals surface area contributed by atoms with Gasteiger partial charge in [0.2, 0.25) is 5.78 Å². The minimum Gasteiger partial charge on any atom is -0.451 e. The molecule has 1 unspecified atom stereocenters. The fourth-order valence-electron chi connectivity index (χ4n) is 2.61. The predicted octanol–water partition coefficient (Wildman–Crippen LogP) is 3.55. The van der Waals surface area contributed by atoms with Crippen LogP contribution in [-0.2, 0) is 11.3 Å². The lowest BCUT2D eigenvalue weighted by atomic mass is 10.1. The van der Waals surface area contributed by atoms with Gasteiger partial charge >= 0.3 is 5.97 Å². The van der Waals surface area contributed by atoms with Gasteiger partial charge in [-0.2, -0.15) is 0 Å². The number of aryl methyl sites for hydroxylation is 1. The number of ether oxygens (including phenoxy) is 1. The van der Waals surface area contributed by atoms with Gasteiger partial charge in [-0.15, -0.1) is 0 Å². The summed E-state index contributed by atoms with van der Waals surface area (Å²) in [5.74, 6) is -0.650. The first-order valence-corrected chi connectivity index (χ1v) is 7.42. The third-order valence-electron chi connectivity index (χ3n) is 3.82. The molecule has 0 amide bonds. The minimum absolute atomic E-state index is 0.196. The number of hydrogen-bond donors (Lipinski definition) is 0. The van der Waals surface area contributed by atoms with Crippen LogP contribution in [0.5, 0.6) is 0 Å². The van der Waals surface area contributed by atoms with Crippen LogP contribution >= 0.6 is 0 Å². The first-order valence-electron chi connectivity index (χ1n) is 7.42. The van der Waals surface area contributed by atoms with Gasteiger partial charge in [-0.05, 0) is 33.8 Å². The van der Waals surface area contributed by atoms with E-state index in [0.29, 0.717) is 11.1 Å². The van der Waals surface area contributed by atoms with E-state index in [4.69, 9.17) is 4.74 Å². The highest BCUT2D eigenvalue weighted by Gasteiger charge is 2.23. The fourth-order valence-corrected chi connectivity index (χ4v) is 2.61. The molecule has 0 bridgehead atoms. The molecule has 1 aromatic carbocycles. The predicted molar refractivity (Wildman–Crippen MR) is 85.2 cm³/mol. The molecule has 4 heteroatoms. The summed E-state index contributed by atoms with van der Waals surface area (Å²) in [6, 6.07) is 10.7. The number of carbonyl (C=O) groups is 2. The van der Waals surface area contributed by atoms with Crippen molar-refractivity contribution in [2.75, 3.05) is 0 Å². The van der Waals surface area contributed by atoms with Crippen LogP contribution in [0.25, 0.3) is 0 Å². The van der Waals surface area contributed by atoms with Crippen LogP contribution in [0.4, 0.5) is 0 Å². The Morgan fingerprint density at radius 2 is 1.82 bits per heavy atom. The van der Waals surface area contributed by atoms with Crippen LogP contribution in [0.3, 0.4) is 0 Å². The van der Waals surface area contributed by atoms with Crippen LogP contribution in [0.1, 0.15) is 46.0 Å². The van der Waals surface area contributed by atoms with Crippen molar-refractivity contribution in [3.8, 4) is 0 Å². The summed E-state index contributed by atoms with van der Waals surface area (Å²) < 4.78 is 7.39. The highest BCUT2D eigenvalue weighted by molar-refractivity contribution is 6.01. The Hall–Kier alpha value is -2.36. The number of rotatable bonds is 5. The van der Waals surface area contributed by atoms with Crippen LogP contribution in [-0.4, -0.2) is 22.4 Å². The van der Waals surface area contributed by atoms with Crippen molar-refractivity contribution >= 4 is 11.8 Å². The molecule has 2 rings (SSSR count). The van der Waals surface area contributed by atoms with E-state index in [2.05, 4.69) is 0 Å². The number of carbonyl (C=O) groups excluding carboxylic acids is 2. The Morgan fingerprint density at radius 1 is 1.18 bits per heavy atom. The normalized spacial score (nSPS) is 12.0. The number of aromatic nitrogens is 1. The molecule has 0 aliphatic heterocycles. The van der Waals surface area contributed by atoms with E-state index in [-0.39, 0.29) is 5.78 Å². The first kappa shape index (κ1) is 16.0. The summed E-state index contributed by atoms with van der Waals surface area (Å²) in [5, 5.41) is 0. The third-order valence-corrected chi connectivity index (χ3v) is 3.82. The second kappa shape index (κ2) is 6.60. The van der Waals surface area contributed by atoms with Gasteiger partial charge in [0.15, 0.2) is 6.10 Å². The number of hydrogen-bond acceptors (Lipinski definition) is 3. The molecule has 0 saturated heterocycles. The molecule has 1 aromatic heterocycles. The van der Waals surface area contributed by atoms with Crippen LogP contribution in [0.2, 0.25) is 0 Å². The van der Waals surface area contributed by atoms with Gasteiger partial charge in [0, 0.05) is 23.5 Å². The molecule has 0 aliphatic carbocycles. The molecule has 4 nitrogen and oxygen atoms in total. The van der Waals surface area contributed by atoms with Crippen molar-refractivity contribution < 1.29 is 14.3 Å². The number of Topliss-reactive ketones (excluding diaryl/α,β-unsaturated/α-hetero) is 1. The molecule has 0 radical (unpaired) electrons. The molecule has 1 atom stereocenters. The maximum absolute atomic E-state index is 12.3. The largest absolute Gasteiger partial charge is 0.451 e. The molecule has 0 saturated carbocycles. The maximum Gasteiger partial charge on any atom is 0.340 e. The SMILES string of the molecule is CCn1c(C)cc(C(=O)OC(C)C(=O)c2ccccc2)c1C. The monoisotopic (exact) mass is 299 g/mol. The number of esters is 1. The lowest BCUT2D eigenvalue weighted by Gasteiger charge is -2.12. The van der Waals surface area contributed by atoms with Crippen molar-refractivity contribution in [2.45, 2.75) is 40.3 Å². The average molecular weight is 299 g/mol. The smallest absolute Gasteiger partial charge is 0.340 e. The summed E-state index contributed by atoms with van der Waals surface area (Å²) >= 11 is 0. The van der Waals surface area contributed by atoms with E-state index < -0.39 is 12.1 Å².